The van der Waals surface area contributed by atoms with Gasteiger partial charge in [0.1, 0.15) is 0 Å². The van der Waals surface area contributed by atoms with E-state index in [1.807, 2.05) is 6.92 Å². The summed E-state index contributed by atoms with van der Waals surface area (Å²) in [4.78, 5) is 0. The van der Waals surface area contributed by atoms with Crippen LogP contribution >= 0.6 is 0 Å². The summed E-state index contributed by atoms with van der Waals surface area (Å²) in [5, 5.41) is 0. The largest absolute Gasteiger partial charge is 0.542 e. The Bertz CT molecular complexity index is 261. The van der Waals surface area contributed by atoms with Gasteiger partial charge in [-0.05, 0) is 32.4 Å². The minimum absolute atomic E-state index is 0.486. The average Bonchev–Trinajstić information content (AvgIpc) is 2.29. The van der Waals surface area contributed by atoms with Gasteiger partial charge in [0.05, 0.1) is 19.0 Å². The molecule has 1 heterocycles. The number of hydrogen-bond acceptors (Lipinski definition) is 3. The van der Waals surface area contributed by atoms with E-state index in [0.29, 0.717) is 0 Å². The van der Waals surface area contributed by atoms with Gasteiger partial charge < -0.3 is 13.9 Å². The third-order valence-corrected chi connectivity index (χ3v) is 7.86. The van der Waals surface area contributed by atoms with Gasteiger partial charge in [-0.2, -0.15) is 0 Å². The quantitative estimate of drug-likeness (QED) is 0.538. The molecule has 4 heteroatoms. The Hall–Kier alpha value is -0.323. The maximum Gasteiger partial charge on any atom is 0.309 e. The second-order valence-electron chi connectivity index (χ2n) is 4.94. The Kier molecular flexibility index (Phi) is 5.22. The molecule has 0 amide bonds. The molecule has 1 aliphatic heterocycles. The van der Waals surface area contributed by atoms with E-state index in [4.69, 9.17) is 13.9 Å². The maximum atomic E-state index is 6.11. The van der Waals surface area contributed by atoms with Gasteiger partial charge in [0.15, 0.2) is 5.41 Å². The number of hydrogen-bond donors (Lipinski definition) is 0. The molecule has 1 saturated heterocycles. The molecule has 0 aliphatic carbocycles. The van der Waals surface area contributed by atoms with E-state index in [9.17, 15) is 0 Å². The van der Waals surface area contributed by atoms with E-state index in [1.54, 1.807) is 0 Å². The molecule has 1 rings (SSSR count). The fourth-order valence-electron chi connectivity index (χ4n) is 2.64. The fourth-order valence-corrected chi connectivity index (χ4v) is 6.56. The molecule has 0 aromatic heterocycles. The van der Waals surface area contributed by atoms with Crippen LogP contribution in [0.4, 0.5) is 0 Å². The van der Waals surface area contributed by atoms with Gasteiger partial charge in [0, 0.05) is 0 Å². The van der Waals surface area contributed by atoms with E-state index in [0.717, 1.165) is 44.3 Å². The molecule has 0 aromatic carbocycles. The predicted octanol–water partition coefficient (Wildman–Crippen LogP) is 3.60. The molecule has 1 atom stereocenters. The molecule has 1 unspecified atom stereocenters. The minimum atomic E-state index is -2.11. The van der Waals surface area contributed by atoms with Gasteiger partial charge in [-0.1, -0.05) is 26.8 Å². The van der Waals surface area contributed by atoms with Crippen LogP contribution in [0.3, 0.4) is 0 Å². The Morgan fingerprint density at radius 2 is 1.94 bits per heavy atom. The van der Waals surface area contributed by atoms with Crippen LogP contribution in [0.1, 0.15) is 40.0 Å². The van der Waals surface area contributed by atoms with Crippen LogP contribution < -0.4 is 0 Å². The lowest BCUT2D eigenvalue weighted by molar-refractivity contribution is -0.227. The minimum Gasteiger partial charge on any atom is -0.542 e. The number of ether oxygens (including phenoxy) is 2. The van der Waals surface area contributed by atoms with Crippen LogP contribution in [0.25, 0.3) is 0 Å². The van der Waals surface area contributed by atoms with Crippen LogP contribution in [0.15, 0.2) is 12.3 Å². The van der Waals surface area contributed by atoms with Crippen molar-refractivity contribution >= 4 is 8.32 Å². The molecule has 3 nitrogen and oxygen atoms in total. The van der Waals surface area contributed by atoms with Crippen LogP contribution in [0.2, 0.25) is 12.6 Å². The van der Waals surface area contributed by atoms with Crippen molar-refractivity contribution in [2.24, 2.45) is 0 Å². The first-order chi connectivity index (χ1) is 7.99. The standard InChI is InChI=1S/C13H26O3Si/c1-6-11-17(5,16-12(3)4)13(7-2)14-9-8-10-15-13/h3,6-11H2,1-2,4-5H3. The first-order valence-electron chi connectivity index (χ1n) is 6.62. The summed E-state index contributed by atoms with van der Waals surface area (Å²) in [5.74, 6) is 0.776. The average molecular weight is 258 g/mol. The molecule has 0 aromatic rings. The molecule has 100 valence electrons. The van der Waals surface area contributed by atoms with Crippen molar-refractivity contribution in [3.05, 3.63) is 12.3 Å². The van der Waals surface area contributed by atoms with Crippen molar-refractivity contribution < 1.29 is 13.9 Å². The zero-order valence-corrected chi connectivity index (χ0v) is 12.7. The molecule has 0 bridgehead atoms. The van der Waals surface area contributed by atoms with Crippen molar-refractivity contribution in [1.82, 2.24) is 0 Å². The second-order valence-corrected chi connectivity index (χ2v) is 8.87. The zero-order chi connectivity index (χ0) is 12.9. The first kappa shape index (κ1) is 14.7. The van der Waals surface area contributed by atoms with E-state index >= 15 is 0 Å². The topological polar surface area (TPSA) is 27.7 Å². The highest BCUT2D eigenvalue weighted by Gasteiger charge is 2.55. The molecule has 1 aliphatic rings. The van der Waals surface area contributed by atoms with Gasteiger partial charge in [-0.3, -0.25) is 0 Å². The molecule has 0 N–H and O–H groups in total. The van der Waals surface area contributed by atoms with E-state index < -0.39 is 13.7 Å². The third-order valence-electron chi connectivity index (χ3n) is 3.36. The van der Waals surface area contributed by atoms with Gasteiger partial charge >= 0.3 is 8.32 Å². The molecule has 1 fully saturated rings. The van der Waals surface area contributed by atoms with E-state index in [-0.39, 0.29) is 0 Å². The molecule has 0 saturated carbocycles. The molecular formula is C13H26O3Si. The zero-order valence-electron chi connectivity index (χ0n) is 11.7. The molecule has 0 spiro atoms. The molecule has 0 radical (unpaired) electrons. The maximum absolute atomic E-state index is 6.11. The Labute approximate surface area is 106 Å². The summed E-state index contributed by atoms with van der Waals surface area (Å²) < 4.78 is 18.1. The predicted molar refractivity (Wildman–Crippen MR) is 72.2 cm³/mol. The molecular weight excluding hydrogens is 232 g/mol. The smallest absolute Gasteiger partial charge is 0.309 e. The number of rotatable bonds is 6. The summed E-state index contributed by atoms with van der Waals surface area (Å²) >= 11 is 0. The Balaban J connectivity index is 2.95. The molecule has 17 heavy (non-hydrogen) atoms. The third kappa shape index (κ3) is 3.12. The van der Waals surface area contributed by atoms with Crippen molar-refractivity contribution in [3.63, 3.8) is 0 Å². The first-order valence-corrected chi connectivity index (χ1v) is 9.23. The lowest BCUT2D eigenvalue weighted by Gasteiger charge is -2.47. The van der Waals surface area contributed by atoms with Crippen molar-refractivity contribution in [2.45, 2.75) is 58.0 Å². The van der Waals surface area contributed by atoms with Crippen molar-refractivity contribution in [1.29, 1.82) is 0 Å². The van der Waals surface area contributed by atoms with Crippen LogP contribution in [-0.2, 0) is 13.9 Å². The Morgan fingerprint density at radius 1 is 1.35 bits per heavy atom. The summed E-state index contributed by atoms with van der Waals surface area (Å²) in [6, 6.07) is 1.04. The van der Waals surface area contributed by atoms with Crippen LogP contribution in [0, 0.1) is 0 Å². The highest BCUT2D eigenvalue weighted by molar-refractivity contribution is 6.75. The highest BCUT2D eigenvalue weighted by atomic mass is 28.4. The summed E-state index contributed by atoms with van der Waals surface area (Å²) in [5.41, 5.74) is -0.486. The second kappa shape index (κ2) is 6.02. The van der Waals surface area contributed by atoms with Gasteiger partial charge in [0.25, 0.3) is 0 Å². The van der Waals surface area contributed by atoms with Gasteiger partial charge in [0.2, 0.25) is 0 Å². The fraction of sp³-hybridized carbons (Fsp3) is 0.846. The van der Waals surface area contributed by atoms with Gasteiger partial charge in [-0.25, -0.2) is 0 Å². The van der Waals surface area contributed by atoms with Crippen LogP contribution in [0.5, 0.6) is 0 Å². The Morgan fingerprint density at radius 3 is 2.35 bits per heavy atom. The normalized spacial score (nSPS) is 22.8. The highest BCUT2D eigenvalue weighted by Crippen LogP contribution is 2.38. The van der Waals surface area contributed by atoms with E-state index in [2.05, 4.69) is 27.0 Å². The number of allylic oxidation sites excluding steroid dienone is 1. The van der Waals surface area contributed by atoms with Crippen molar-refractivity contribution in [2.75, 3.05) is 13.2 Å². The lowest BCUT2D eigenvalue weighted by Crippen LogP contribution is -2.63. The SMILES string of the molecule is C=C(C)O[Si](C)(CCC)C1(CC)OCCCO1. The van der Waals surface area contributed by atoms with Crippen LogP contribution in [-0.4, -0.2) is 26.9 Å². The van der Waals surface area contributed by atoms with Crippen molar-refractivity contribution in [3.8, 4) is 0 Å². The van der Waals surface area contributed by atoms with E-state index in [1.165, 1.54) is 0 Å². The summed E-state index contributed by atoms with van der Waals surface area (Å²) in [6.45, 7) is 13.9. The lowest BCUT2D eigenvalue weighted by atomic mass is 10.4. The summed E-state index contributed by atoms with van der Waals surface area (Å²) in [6.07, 6.45) is 2.92. The summed E-state index contributed by atoms with van der Waals surface area (Å²) in [7, 11) is -2.11. The van der Waals surface area contributed by atoms with Gasteiger partial charge in [-0.15, -0.1) is 0 Å². The monoisotopic (exact) mass is 258 g/mol.